The first kappa shape index (κ1) is 19.0. The van der Waals surface area contributed by atoms with Crippen molar-refractivity contribution in [2.75, 3.05) is 0 Å². The van der Waals surface area contributed by atoms with Gasteiger partial charge in [0.15, 0.2) is 0 Å². The maximum absolute atomic E-state index is 11.1. The van der Waals surface area contributed by atoms with Gasteiger partial charge in [-0.25, -0.2) is 4.79 Å². The molecule has 1 N–H and O–H groups in total. The minimum absolute atomic E-state index is 0.301. The van der Waals surface area contributed by atoms with Gasteiger partial charge in [0.2, 0.25) is 0 Å². The molecule has 0 unspecified atom stereocenters. The van der Waals surface area contributed by atoms with E-state index in [1.165, 1.54) is 30.6 Å². The fourth-order valence-corrected chi connectivity index (χ4v) is 6.26. The minimum Gasteiger partial charge on any atom is -0.478 e. The predicted molar refractivity (Wildman–Crippen MR) is 129 cm³/mol. The number of hydrogen-bond acceptors (Lipinski definition) is 4. The van der Waals surface area contributed by atoms with Gasteiger partial charge in [0.05, 0.1) is 10.4 Å². The Morgan fingerprint density at radius 3 is 1.80 bits per heavy atom. The Morgan fingerprint density at radius 1 is 0.667 bits per heavy atom. The van der Waals surface area contributed by atoms with Crippen molar-refractivity contribution in [3.63, 3.8) is 0 Å². The van der Waals surface area contributed by atoms with E-state index >= 15 is 0 Å². The van der Waals surface area contributed by atoms with E-state index in [1.807, 2.05) is 23.5 Å². The fraction of sp³-hybridized carbons (Fsp3) is 0. The van der Waals surface area contributed by atoms with E-state index in [1.54, 1.807) is 34.8 Å². The Kier molecular flexibility index (Phi) is 5.09. The monoisotopic (exact) mass is 444 g/mol. The van der Waals surface area contributed by atoms with Crippen LogP contribution >= 0.6 is 34.0 Å². The van der Waals surface area contributed by atoms with Crippen molar-refractivity contribution in [1.29, 1.82) is 0 Å². The third-order valence-corrected chi connectivity index (χ3v) is 8.15. The van der Waals surface area contributed by atoms with Crippen LogP contribution < -0.4 is 0 Å². The summed E-state index contributed by atoms with van der Waals surface area (Å²) in [6.45, 7) is 0. The normalized spacial score (nSPS) is 10.9. The number of carboxylic acids is 1. The lowest BCUT2D eigenvalue weighted by molar-refractivity contribution is 0.0697. The molecule has 0 aliphatic rings. The van der Waals surface area contributed by atoms with Crippen LogP contribution in [0.5, 0.6) is 0 Å². The van der Waals surface area contributed by atoms with E-state index in [0.717, 1.165) is 11.1 Å². The van der Waals surface area contributed by atoms with Gasteiger partial charge in [-0.05, 0) is 57.8 Å². The number of aromatic carboxylic acids is 1. The largest absolute Gasteiger partial charge is 0.478 e. The predicted octanol–water partition coefficient (Wildman–Crippen LogP) is 8.24. The molecule has 3 heterocycles. The Labute approximate surface area is 186 Å². The van der Waals surface area contributed by atoms with E-state index in [0.29, 0.717) is 5.56 Å². The van der Waals surface area contributed by atoms with Crippen molar-refractivity contribution in [2.45, 2.75) is 0 Å². The lowest BCUT2D eigenvalue weighted by Gasteiger charge is -2.06. The minimum atomic E-state index is -0.906. The first-order valence-electron chi connectivity index (χ1n) is 9.35. The Balaban J connectivity index is 1.53. The van der Waals surface area contributed by atoms with E-state index in [9.17, 15) is 4.79 Å². The lowest BCUT2D eigenvalue weighted by atomic mass is 9.99. The van der Waals surface area contributed by atoms with Crippen LogP contribution in [0.2, 0.25) is 0 Å². The van der Waals surface area contributed by atoms with Gasteiger partial charge < -0.3 is 5.11 Å². The van der Waals surface area contributed by atoms with Crippen molar-refractivity contribution < 1.29 is 9.90 Å². The standard InChI is InChI=1S/C25H16O2S3/c26-25(27)19-11-7-17(8-12-19)16-5-9-18(10-6-16)20-15-23(21-3-1-13-28-21)30-24(20)22-4-2-14-29-22/h1-15H,(H,26,27). The quantitative estimate of drug-likeness (QED) is 0.296. The third kappa shape index (κ3) is 3.63. The van der Waals surface area contributed by atoms with Crippen LogP contribution in [0.3, 0.4) is 0 Å². The summed E-state index contributed by atoms with van der Waals surface area (Å²) in [7, 11) is 0. The zero-order chi connectivity index (χ0) is 20.5. The first-order chi connectivity index (χ1) is 14.7. The smallest absolute Gasteiger partial charge is 0.335 e. The van der Waals surface area contributed by atoms with Crippen LogP contribution in [-0.2, 0) is 0 Å². The number of carboxylic acid groups (broad SMARTS) is 1. The van der Waals surface area contributed by atoms with Gasteiger partial charge in [0.25, 0.3) is 0 Å². The summed E-state index contributed by atoms with van der Waals surface area (Å²) < 4.78 is 0. The average Bonchev–Trinajstić information content (AvgIpc) is 3.55. The molecule has 0 saturated heterocycles. The molecule has 146 valence electrons. The van der Waals surface area contributed by atoms with Crippen molar-refractivity contribution in [2.24, 2.45) is 0 Å². The Bertz CT molecular complexity index is 1280. The SMILES string of the molecule is O=C(O)c1ccc(-c2ccc(-c3cc(-c4cccs4)sc3-c3cccs3)cc2)cc1. The summed E-state index contributed by atoms with van der Waals surface area (Å²) in [5.74, 6) is -0.906. The third-order valence-electron chi connectivity index (χ3n) is 4.90. The van der Waals surface area contributed by atoms with Gasteiger partial charge in [-0.15, -0.1) is 34.0 Å². The van der Waals surface area contributed by atoms with Gasteiger partial charge in [-0.1, -0.05) is 48.5 Å². The first-order valence-corrected chi connectivity index (χ1v) is 11.9. The molecule has 3 aromatic heterocycles. The molecule has 30 heavy (non-hydrogen) atoms. The van der Waals surface area contributed by atoms with Crippen molar-refractivity contribution in [1.82, 2.24) is 0 Å². The number of thiophene rings is 3. The highest BCUT2D eigenvalue weighted by atomic mass is 32.1. The molecule has 0 radical (unpaired) electrons. The topological polar surface area (TPSA) is 37.3 Å². The average molecular weight is 445 g/mol. The van der Waals surface area contributed by atoms with Crippen LogP contribution in [0, 0.1) is 0 Å². The molecule has 0 bridgehead atoms. The van der Waals surface area contributed by atoms with Crippen molar-refractivity contribution in [3.05, 3.63) is 95.2 Å². The molecule has 0 amide bonds. The Morgan fingerprint density at radius 2 is 1.23 bits per heavy atom. The molecule has 0 spiro atoms. The maximum atomic E-state index is 11.1. The molecule has 0 fully saturated rings. The second-order valence-electron chi connectivity index (χ2n) is 6.77. The summed E-state index contributed by atoms with van der Waals surface area (Å²) in [4.78, 5) is 16.2. The highest BCUT2D eigenvalue weighted by molar-refractivity contribution is 7.26. The van der Waals surface area contributed by atoms with E-state index in [4.69, 9.17) is 5.11 Å². The Hall–Kier alpha value is -2.99. The van der Waals surface area contributed by atoms with Gasteiger partial charge in [-0.2, -0.15) is 0 Å². The summed E-state index contributed by atoms with van der Waals surface area (Å²) in [6.07, 6.45) is 0. The number of rotatable bonds is 5. The second kappa shape index (κ2) is 8.03. The van der Waals surface area contributed by atoms with Gasteiger partial charge in [0, 0.05) is 20.2 Å². The molecule has 0 atom stereocenters. The van der Waals surface area contributed by atoms with Crippen LogP contribution in [0.4, 0.5) is 0 Å². The molecule has 0 saturated carbocycles. The van der Waals surface area contributed by atoms with Crippen LogP contribution in [-0.4, -0.2) is 11.1 Å². The van der Waals surface area contributed by atoms with Crippen LogP contribution in [0.1, 0.15) is 10.4 Å². The fourth-order valence-electron chi connectivity index (χ4n) is 3.38. The van der Waals surface area contributed by atoms with E-state index in [2.05, 4.69) is 65.4 Å². The molecule has 5 aromatic rings. The highest BCUT2D eigenvalue weighted by Gasteiger charge is 2.15. The molecule has 2 aromatic carbocycles. The molecule has 5 rings (SSSR count). The number of benzene rings is 2. The zero-order valence-corrected chi connectivity index (χ0v) is 18.2. The molecule has 5 heteroatoms. The summed E-state index contributed by atoms with van der Waals surface area (Å²) in [6, 6.07) is 26.3. The summed E-state index contributed by atoms with van der Waals surface area (Å²) >= 11 is 5.37. The number of carbonyl (C=O) groups is 1. The molecular formula is C25H16O2S3. The van der Waals surface area contributed by atoms with Crippen molar-refractivity contribution in [3.8, 4) is 41.8 Å². The molecule has 0 aliphatic carbocycles. The second-order valence-corrected chi connectivity index (χ2v) is 9.72. The molecule has 0 aliphatic heterocycles. The summed E-state index contributed by atoms with van der Waals surface area (Å²) in [5.41, 5.74) is 4.81. The van der Waals surface area contributed by atoms with Crippen LogP contribution in [0.15, 0.2) is 89.6 Å². The lowest BCUT2D eigenvalue weighted by Crippen LogP contribution is -1.94. The van der Waals surface area contributed by atoms with Crippen LogP contribution in [0.25, 0.3) is 41.8 Å². The van der Waals surface area contributed by atoms with Crippen molar-refractivity contribution >= 4 is 40.0 Å². The van der Waals surface area contributed by atoms with Gasteiger partial charge in [-0.3, -0.25) is 0 Å². The van der Waals surface area contributed by atoms with Gasteiger partial charge in [0.1, 0.15) is 0 Å². The van der Waals surface area contributed by atoms with Gasteiger partial charge >= 0.3 is 5.97 Å². The highest BCUT2D eigenvalue weighted by Crippen LogP contribution is 2.45. The van der Waals surface area contributed by atoms with E-state index in [-0.39, 0.29) is 0 Å². The maximum Gasteiger partial charge on any atom is 0.335 e. The van der Waals surface area contributed by atoms with E-state index < -0.39 is 5.97 Å². The summed E-state index contributed by atoms with van der Waals surface area (Å²) in [5, 5.41) is 13.3. The number of hydrogen-bond donors (Lipinski definition) is 1. The molecule has 2 nitrogen and oxygen atoms in total. The zero-order valence-electron chi connectivity index (χ0n) is 15.7. The molecular weight excluding hydrogens is 428 g/mol.